The number of hydrogen-bond donors (Lipinski definition) is 1. The van der Waals surface area contributed by atoms with E-state index < -0.39 is 6.09 Å². The number of rotatable bonds is 3. The molecule has 0 aromatic heterocycles. The molecule has 0 saturated carbocycles. The quantitative estimate of drug-likeness (QED) is 0.839. The minimum Gasteiger partial charge on any atom is -0.407 e. The number of benzene rings is 1. The largest absolute Gasteiger partial charge is 0.414 e. The van der Waals surface area contributed by atoms with Gasteiger partial charge in [-0.15, -0.1) is 0 Å². The summed E-state index contributed by atoms with van der Waals surface area (Å²) in [7, 11) is 1.45. The fraction of sp³-hybridized carbons (Fsp3) is 0.222. The first kappa shape index (κ1) is 12.1. The first-order valence-corrected chi connectivity index (χ1v) is 4.79. The smallest absolute Gasteiger partial charge is 0.407 e. The van der Waals surface area contributed by atoms with Crippen LogP contribution in [-0.4, -0.2) is 19.9 Å². The number of nitrogens with one attached hydrogen (secondary N) is 1. The Morgan fingerprint density at radius 1 is 1.40 bits per heavy atom. The normalized spacial score (nSPS) is 9.80. The van der Waals surface area contributed by atoms with Crippen molar-refractivity contribution in [2.75, 3.05) is 13.8 Å². The summed E-state index contributed by atoms with van der Waals surface area (Å²) in [5.74, 6) is 0.134. The van der Waals surface area contributed by atoms with Crippen molar-refractivity contribution in [2.45, 2.75) is 0 Å². The Kier molecular flexibility index (Phi) is 4.68. The zero-order valence-electron chi connectivity index (χ0n) is 7.92. The molecular weight excluding hydrogens is 241 g/mol. The Bertz CT molecular complexity index is 337. The highest BCUT2D eigenvalue weighted by molar-refractivity contribution is 6.37. The second-order valence-corrected chi connectivity index (χ2v) is 3.36. The number of carbonyl (C=O) groups is 1. The Labute approximate surface area is 97.1 Å². The van der Waals surface area contributed by atoms with Crippen LogP contribution in [0.1, 0.15) is 0 Å². The molecular formula is C9H9Cl2NO3. The van der Waals surface area contributed by atoms with E-state index in [-0.39, 0.29) is 22.5 Å². The van der Waals surface area contributed by atoms with Gasteiger partial charge in [0.15, 0.2) is 5.75 Å². The summed E-state index contributed by atoms with van der Waals surface area (Å²) in [5, 5.41) is 2.88. The summed E-state index contributed by atoms with van der Waals surface area (Å²) in [6.45, 7) is 0.0565. The van der Waals surface area contributed by atoms with Crippen LogP contribution in [0, 0.1) is 0 Å². The van der Waals surface area contributed by atoms with Crippen molar-refractivity contribution in [3.63, 3.8) is 0 Å². The number of ether oxygens (including phenoxy) is 2. The Hall–Kier alpha value is -0.970. The number of methoxy groups -OCH3 is 1. The molecule has 15 heavy (non-hydrogen) atoms. The molecule has 0 aliphatic carbocycles. The first-order valence-electron chi connectivity index (χ1n) is 4.03. The van der Waals surface area contributed by atoms with Crippen LogP contribution in [0.25, 0.3) is 0 Å². The van der Waals surface area contributed by atoms with Crippen LogP contribution in [0.3, 0.4) is 0 Å². The van der Waals surface area contributed by atoms with E-state index in [1.807, 2.05) is 0 Å². The molecule has 0 unspecified atom stereocenters. The number of carbonyl (C=O) groups excluding carboxylic acids is 1. The van der Waals surface area contributed by atoms with Crippen LogP contribution in [0.15, 0.2) is 18.2 Å². The molecule has 6 heteroatoms. The molecule has 0 saturated heterocycles. The maximum Gasteiger partial charge on any atom is 0.414 e. The predicted molar refractivity (Wildman–Crippen MR) is 57.5 cm³/mol. The minimum absolute atomic E-state index is 0.0565. The Balaban J connectivity index is 2.68. The van der Waals surface area contributed by atoms with E-state index in [0.717, 1.165) is 0 Å². The topological polar surface area (TPSA) is 47.6 Å². The van der Waals surface area contributed by atoms with E-state index in [4.69, 9.17) is 27.9 Å². The molecule has 1 aromatic carbocycles. The van der Waals surface area contributed by atoms with Gasteiger partial charge in [-0.25, -0.2) is 4.79 Å². The first-order chi connectivity index (χ1) is 7.15. The number of halogens is 2. The highest BCUT2D eigenvalue weighted by Gasteiger charge is 2.10. The highest BCUT2D eigenvalue weighted by atomic mass is 35.5. The lowest BCUT2D eigenvalue weighted by atomic mass is 10.3. The molecule has 1 N–H and O–H groups in total. The average molecular weight is 250 g/mol. The molecule has 0 bridgehead atoms. The SMILES string of the molecule is COCNC(=O)Oc1c(Cl)cccc1Cl. The van der Waals surface area contributed by atoms with Crippen molar-refractivity contribution in [1.82, 2.24) is 5.32 Å². The highest BCUT2D eigenvalue weighted by Crippen LogP contribution is 2.32. The van der Waals surface area contributed by atoms with Gasteiger partial charge in [0, 0.05) is 7.11 Å². The molecule has 0 aliphatic heterocycles. The zero-order chi connectivity index (χ0) is 11.3. The van der Waals surface area contributed by atoms with E-state index in [2.05, 4.69) is 10.1 Å². The zero-order valence-corrected chi connectivity index (χ0v) is 9.43. The molecule has 82 valence electrons. The number of para-hydroxylation sites is 1. The van der Waals surface area contributed by atoms with Gasteiger partial charge < -0.3 is 9.47 Å². The predicted octanol–water partition coefficient (Wildman–Crippen LogP) is 2.69. The summed E-state index contributed by atoms with van der Waals surface area (Å²) < 4.78 is 9.52. The molecule has 0 atom stereocenters. The van der Waals surface area contributed by atoms with Crippen LogP contribution in [0.2, 0.25) is 10.0 Å². The van der Waals surface area contributed by atoms with E-state index in [1.54, 1.807) is 18.2 Å². The molecule has 0 heterocycles. The lowest BCUT2D eigenvalue weighted by Crippen LogP contribution is -2.28. The third-order valence-corrected chi connectivity index (χ3v) is 2.07. The lowest BCUT2D eigenvalue weighted by Gasteiger charge is -2.08. The van der Waals surface area contributed by atoms with E-state index in [9.17, 15) is 4.79 Å². The third kappa shape index (κ3) is 3.58. The van der Waals surface area contributed by atoms with Crippen LogP contribution in [-0.2, 0) is 4.74 Å². The summed E-state index contributed by atoms with van der Waals surface area (Å²) in [4.78, 5) is 11.1. The van der Waals surface area contributed by atoms with Gasteiger partial charge in [0.05, 0.1) is 10.0 Å². The number of hydrogen-bond acceptors (Lipinski definition) is 3. The Morgan fingerprint density at radius 3 is 2.53 bits per heavy atom. The summed E-state index contributed by atoms with van der Waals surface area (Å²) in [6, 6.07) is 4.81. The van der Waals surface area contributed by atoms with Gasteiger partial charge >= 0.3 is 6.09 Å². The fourth-order valence-corrected chi connectivity index (χ4v) is 1.31. The van der Waals surface area contributed by atoms with Gasteiger partial charge in [0.25, 0.3) is 0 Å². The average Bonchev–Trinajstić information content (AvgIpc) is 2.21. The standard InChI is InChI=1S/C9H9Cl2NO3/c1-14-5-12-9(13)15-8-6(10)3-2-4-7(8)11/h2-4H,5H2,1H3,(H,12,13). The second kappa shape index (κ2) is 5.80. The summed E-state index contributed by atoms with van der Waals surface area (Å²) in [6.07, 6.45) is -0.674. The third-order valence-electron chi connectivity index (χ3n) is 1.47. The van der Waals surface area contributed by atoms with Gasteiger partial charge in [-0.3, -0.25) is 5.32 Å². The van der Waals surface area contributed by atoms with Gasteiger partial charge in [-0.1, -0.05) is 29.3 Å². The summed E-state index contributed by atoms with van der Waals surface area (Å²) >= 11 is 11.6. The monoisotopic (exact) mass is 249 g/mol. The van der Waals surface area contributed by atoms with Gasteiger partial charge in [0.2, 0.25) is 0 Å². The van der Waals surface area contributed by atoms with Crippen molar-refractivity contribution >= 4 is 29.3 Å². The maximum absolute atomic E-state index is 11.1. The molecule has 4 nitrogen and oxygen atoms in total. The molecule has 1 amide bonds. The molecule has 1 aromatic rings. The van der Waals surface area contributed by atoms with Crippen molar-refractivity contribution in [3.05, 3.63) is 28.2 Å². The molecule has 0 radical (unpaired) electrons. The molecule has 0 aliphatic rings. The molecule has 0 spiro atoms. The van der Waals surface area contributed by atoms with Crippen molar-refractivity contribution < 1.29 is 14.3 Å². The van der Waals surface area contributed by atoms with Crippen LogP contribution in [0.4, 0.5) is 4.79 Å². The fourth-order valence-electron chi connectivity index (χ4n) is 0.840. The van der Waals surface area contributed by atoms with Crippen LogP contribution >= 0.6 is 23.2 Å². The Morgan fingerprint density at radius 2 is 2.00 bits per heavy atom. The second-order valence-electron chi connectivity index (χ2n) is 2.55. The van der Waals surface area contributed by atoms with E-state index in [0.29, 0.717) is 0 Å². The van der Waals surface area contributed by atoms with Crippen molar-refractivity contribution in [2.24, 2.45) is 0 Å². The van der Waals surface area contributed by atoms with Gasteiger partial charge in [0.1, 0.15) is 6.73 Å². The maximum atomic E-state index is 11.1. The molecule has 0 fully saturated rings. The number of amides is 1. The summed E-state index contributed by atoms with van der Waals surface area (Å²) in [5.41, 5.74) is 0. The van der Waals surface area contributed by atoms with Crippen molar-refractivity contribution in [3.8, 4) is 5.75 Å². The van der Waals surface area contributed by atoms with Crippen LogP contribution in [0.5, 0.6) is 5.75 Å². The van der Waals surface area contributed by atoms with Crippen LogP contribution < -0.4 is 10.1 Å². The van der Waals surface area contributed by atoms with Crippen molar-refractivity contribution in [1.29, 1.82) is 0 Å². The van der Waals surface area contributed by atoms with Gasteiger partial charge in [-0.05, 0) is 12.1 Å². The minimum atomic E-state index is -0.674. The van der Waals surface area contributed by atoms with E-state index >= 15 is 0 Å². The van der Waals surface area contributed by atoms with E-state index in [1.165, 1.54) is 7.11 Å². The van der Waals surface area contributed by atoms with Gasteiger partial charge in [-0.2, -0.15) is 0 Å². The lowest BCUT2D eigenvalue weighted by molar-refractivity contribution is 0.153. The molecule has 1 rings (SSSR count).